The van der Waals surface area contributed by atoms with Gasteiger partial charge in [0.15, 0.2) is 0 Å². The Labute approximate surface area is 87.9 Å². The third-order valence-corrected chi connectivity index (χ3v) is 2.14. The molecule has 0 unspecified atom stereocenters. The van der Waals surface area contributed by atoms with Crippen molar-refractivity contribution in [2.75, 3.05) is 23.7 Å². The molecule has 0 spiro atoms. The Morgan fingerprint density at radius 3 is 2.53 bits per heavy atom. The van der Waals surface area contributed by atoms with Crippen molar-refractivity contribution in [2.45, 2.75) is 13.8 Å². The van der Waals surface area contributed by atoms with E-state index in [1.807, 2.05) is 13.8 Å². The van der Waals surface area contributed by atoms with Crippen LogP contribution in [0.15, 0.2) is 12.1 Å². The van der Waals surface area contributed by atoms with Crippen molar-refractivity contribution in [3.8, 4) is 0 Å². The van der Waals surface area contributed by atoms with Gasteiger partial charge >= 0.3 is 5.69 Å². The highest BCUT2D eigenvalue weighted by Gasteiger charge is 2.19. The first-order chi connectivity index (χ1) is 7.10. The average molecular weight is 210 g/mol. The molecular weight excluding hydrogens is 196 g/mol. The summed E-state index contributed by atoms with van der Waals surface area (Å²) in [7, 11) is 0. The molecule has 6 heteroatoms. The van der Waals surface area contributed by atoms with Crippen LogP contribution in [0.2, 0.25) is 0 Å². The van der Waals surface area contributed by atoms with Gasteiger partial charge in [-0.05, 0) is 19.9 Å². The number of hydrogen-bond acceptors (Lipinski definition) is 5. The van der Waals surface area contributed by atoms with Gasteiger partial charge in [-0.25, -0.2) is 4.98 Å². The highest BCUT2D eigenvalue weighted by Crippen LogP contribution is 2.26. The maximum absolute atomic E-state index is 10.8. The summed E-state index contributed by atoms with van der Waals surface area (Å²) in [5.41, 5.74) is 5.51. The predicted octanol–water partition coefficient (Wildman–Crippen LogP) is 1.42. The summed E-state index contributed by atoms with van der Waals surface area (Å²) < 4.78 is 0. The van der Waals surface area contributed by atoms with Crippen LogP contribution in [0.25, 0.3) is 0 Å². The molecule has 0 saturated heterocycles. The van der Waals surface area contributed by atoms with Crippen LogP contribution < -0.4 is 10.6 Å². The van der Waals surface area contributed by atoms with Gasteiger partial charge in [0.2, 0.25) is 5.82 Å². The fraction of sp³-hybridized carbons (Fsp3) is 0.444. The monoisotopic (exact) mass is 210 g/mol. The molecule has 0 bridgehead atoms. The van der Waals surface area contributed by atoms with Crippen LogP contribution in [0, 0.1) is 10.1 Å². The molecule has 15 heavy (non-hydrogen) atoms. The van der Waals surface area contributed by atoms with Crippen LogP contribution in [0.3, 0.4) is 0 Å². The molecule has 1 heterocycles. The Bertz CT molecular complexity index is 363. The SMILES string of the molecule is CCN(CC)c1nc(N)ccc1[N+](=O)[O-]. The van der Waals surface area contributed by atoms with Gasteiger partial charge in [0.25, 0.3) is 0 Å². The van der Waals surface area contributed by atoms with Crippen LogP contribution in [0.5, 0.6) is 0 Å². The number of hydrogen-bond donors (Lipinski definition) is 1. The maximum Gasteiger partial charge on any atom is 0.311 e. The highest BCUT2D eigenvalue weighted by molar-refractivity contribution is 5.60. The first kappa shape index (κ1) is 11.2. The normalized spacial score (nSPS) is 10.0. The Hall–Kier alpha value is -1.85. The number of aromatic nitrogens is 1. The third kappa shape index (κ3) is 2.34. The smallest absolute Gasteiger partial charge is 0.311 e. The van der Waals surface area contributed by atoms with Gasteiger partial charge in [-0.15, -0.1) is 0 Å². The molecule has 0 amide bonds. The zero-order valence-corrected chi connectivity index (χ0v) is 8.80. The molecule has 0 fully saturated rings. The van der Waals surface area contributed by atoms with Crippen molar-refractivity contribution in [3.05, 3.63) is 22.2 Å². The van der Waals surface area contributed by atoms with Crippen molar-refractivity contribution in [2.24, 2.45) is 0 Å². The third-order valence-electron chi connectivity index (χ3n) is 2.14. The highest BCUT2D eigenvalue weighted by atomic mass is 16.6. The summed E-state index contributed by atoms with van der Waals surface area (Å²) in [6.07, 6.45) is 0. The molecule has 0 atom stereocenters. The molecule has 82 valence electrons. The zero-order valence-electron chi connectivity index (χ0n) is 8.80. The van der Waals surface area contributed by atoms with E-state index in [-0.39, 0.29) is 5.69 Å². The zero-order chi connectivity index (χ0) is 11.4. The van der Waals surface area contributed by atoms with Gasteiger partial charge in [-0.2, -0.15) is 0 Å². The van der Waals surface area contributed by atoms with Crippen LogP contribution in [0.4, 0.5) is 17.3 Å². The minimum absolute atomic E-state index is 0.00657. The number of nitrogen functional groups attached to an aromatic ring is 1. The Kier molecular flexibility index (Phi) is 3.43. The molecule has 0 saturated carbocycles. The van der Waals surface area contributed by atoms with E-state index in [4.69, 9.17) is 5.73 Å². The average Bonchev–Trinajstić information content (AvgIpc) is 2.19. The van der Waals surface area contributed by atoms with Gasteiger partial charge in [-0.3, -0.25) is 10.1 Å². The van der Waals surface area contributed by atoms with Gasteiger partial charge in [0, 0.05) is 19.2 Å². The number of nitrogens with zero attached hydrogens (tertiary/aromatic N) is 3. The lowest BCUT2D eigenvalue weighted by atomic mass is 10.3. The molecule has 1 rings (SSSR count). The minimum atomic E-state index is -0.444. The molecule has 2 N–H and O–H groups in total. The van der Waals surface area contributed by atoms with Gasteiger partial charge in [0.05, 0.1) is 4.92 Å². The van der Waals surface area contributed by atoms with Crippen LogP contribution in [0.1, 0.15) is 13.8 Å². The van der Waals surface area contributed by atoms with Crippen molar-refractivity contribution in [1.29, 1.82) is 0 Å². The topological polar surface area (TPSA) is 85.3 Å². The van der Waals surface area contributed by atoms with E-state index in [1.165, 1.54) is 12.1 Å². The van der Waals surface area contributed by atoms with Gasteiger partial charge < -0.3 is 10.6 Å². The number of anilines is 2. The standard InChI is InChI=1S/C9H14N4O2/c1-3-12(4-2)9-7(13(14)15)5-6-8(10)11-9/h5-6H,3-4H2,1-2H3,(H2,10,11). The van der Waals surface area contributed by atoms with E-state index in [9.17, 15) is 10.1 Å². The molecule has 0 aliphatic rings. The number of nitrogens with two attached hydrogens (primary N) is 1. The fourth-order valence-corrected chi connectivity index (χ4v) is 1.35. The summed E-state index contributed by atoms with van der Waals surface area (Å²) in [4.78, 5) is 16.1. The largest absolute Gasteiger partial charge is 0.384 e. The quantitative estimate of drug-likeness (QED) is 0.600. The molecule has 0 radical (unpaired) electrons. The van der Waals surface area contributed by atoms with Crippen LogP contribution >= 0.6 is 0 Å². The maximum atomic E-state index is 10.8. The van der Waals surface area contributed by atoms with Crippen molar-refractivity contribution in [3.63, 3.8) is 0 Å². The van der Waals surface area contributed by atoms with Crippen LogP contribution in [-0.2, 0) is 0 Å². The number of pyridine rings is 1. The second kappa shape index (κ2) is 4.59. The first-order valence-electron chi connectivity index (χ1n) is 4.76. The first-order valence-corrected chi connectivity index (χ1v) is 4.76. The Morgan fingerprint density at radius 2 is 2.07 bits per heavy atom. The second-order valence-corrected chi connectivity index (χ2v) is 3.01. The molecule has 1 aromatic rings. The van der Waals surface area contributed by atoms with Gasteiger partial charge in [0.1, 0.15) is 5.82 Å². The molecule has 0 aliphatic carbocycles. The molecule has 1 aromatic heterocycles. The minimum Gasteiger partial charge on any atom is -0.384 e. The number of nitro groups is 1. The Balaban J connectivity index is 3.22. The molecular formula is C9H14N4O2. The lowest BCUT2D eigenvalue weighted by Crippen LogP contribution is -2.24. The van der Waals surface area contributed by atoms with E-state index >= 15 is 0 Å². The van der Waals surface area contributed by atoms with Crippen LogP contribution in [-0.4, -0.2) is 23.0 Å². The molecule has 6 nitrogen and oxygen atoms in total. The molecule has 0 aromatic carbocycles. The molecule has 0 aliphatic heterocycles. The van der Waals surface area contributed by atoms with Crippen molar-refractivity contribution >= 4 is 17.3 Å². The summed E-state index contributed by atoms with van der Waals surface area (Å²) >= 11 is 0. The van der Waals surface area contributed by atoms with E-state index in [1.54, 1.807) is 4.90 Å². The van der Waals surface area contributed by atoms with Gasteiger partial charge in [-0.1, -0.05) is 0 Å². The Morgan fingerprint density at radius 1 is 1.47 bits per heavy atom. The summed E-state index contributed by atoms with van der Waals surface area (Å²) in [5, 5.41) is 10.8. The number of rotatable bonds is 4. The fourth-order valence-electron chi connectivity index (χ4n) is 1.35. The van der Waals surface area contributed by atoms with E-state index in [2.05, 4.69) is 4.98 Å². The summed E-state index contributed by atoms with van der Waals surface area (Å²) in [5.74, 6) is 0.632. The van der Waals surface area contributed by atoms with Crippen molar-refractivity contribution in [1.82, 2.24) is 4.98 Å². The second-order valence-electron chi connectivity index (χ2n) is 3.01. The summed E-state index contributed by atoms with van der Waals surface area (Å²) in [6.45, 7) is 5.15. The van der Waals surface area contributed by atoms with E-state index in [0.717, 1.165) is 0 Å². The summed E-state index contributed by atoms with van der Waals surface area (Å²) in [6, 6.07) is 2.82. The predicted molar refractivity (Wildman–Crippen MR) is 58.9 cm³/mol. The van der Waals surface area contributed by atoms with E-state index in [0.29, 0.717) is 24.7 Å². The van der Waals surface area contributed by atoms with E-state index < -0.39 is 4.92 Å². The lowest BCUT2D eigenvalue weighted by molar-refractivity contribution is -0.384. The van der Waals surface area contributed by atoms with Crippen molar-refractivity contribution < 1.29 is 4.92 Å². The lowest BCUT2D eigenvalue weighted by Gasteiger charge is -2.19.